The highest BCUT2D eigenvalue weighted by atomic mass is 16.6. The molecule has 0 amide bonds. The van der Waals surface area contributed by atoms with Crippen molar-refractivity contribution in [2.45, 2.75) is 26.4 Å². The molecule has 0 heterocycles. The number of carbonyl (C=O) groups excluding carboxylic acids is 2. The Kier molecular flexibility index (Phi) is 5.67. The number of carbonyl (C=O) groups is 2. The Morgan fingerprint density at radius 1 is 1.19 bits per heavy atom. The lowest BCUT2D eigenvalue weighted by Crippen LogP contribution is -2.30. The third-order valence-corrected chi connectivity index (χ3v) is 2.61. The lowest BCUT2D eigenvalue weighted by molar-refractivity contribution is -0.139. The summed E-state index contributed by atoms with van der Waals surface area (Å²) in [5.74, 6) is -0.261. The van der Waals surface area contributed by atoms with Gasteiger partial charge in [0.1, 0.15) is 24.6 Å². The van der Waals surface area contributed by atoms with Crippen LogP contribution in [0.4, 0.5) is 0 Å². The monoisotopic (exact) mass is 292 g/mol. The molecule has 5 nitrogen and oxygen atoms in total. The SMILES string of the molecule is C=C(C)C(=O)OCCOc1ccc(C(=O)C(C)(C)O)cc1. The van der Waals surface area contributed by atoms with E-state index in [0.717, 1.165) is 0 Å². The van der Waals surface area contributed by atoms with E-state index in [1.54, 1.807) is 31.2 Å². The minimum atomic E-state index is -1.40. The molecule has 1 N–H and O–H groups in total. The van der Waals surface area contributed by atoms with Gasteiger partial charge in [-0.25, -0.2) is 4.79 Å². The van der Waals surface area contributed by atoms with Crippen LogP contribution in [0.15, 0.2) is 36.4 Å². The quantitative estimate of drug-likeness (QED) is 0.361. The van der Waals surface area contributed by atoms with Gasteiger partial charge in [0.05, 0.1) is 0 Å². The standard InChI is InChI=1S/C16H20O5/c1-11(2)15(18)21-10-9-20-13-7-5-12(6-8-13)14(17)16(3,4)19/h5-8,19H,1,9-10H2,2-4H3. The number of ether oxygens (including phenoxy) is 2. The van der Waals surface area contributed by atoms with Crippen molar-refractivity contribution in [2.75, 3.05) is 13.2 Å². The molecule has 0 aliphatic heterocycles. The number of aliphatic hydroxyl groups is 1. The van der Waals surface area contributed by atoms with Gasteiger partial charge in [0, 0.05) is 11.1 Å². The smallest absolute Gasteiger partial charge is 0.333 e. The van der Waals surface area contributed by atoms with Crippen molar-refractivity contribution in [1.82, 2.24) is 0 Å². The van der Waals surface area contributed by atoms with Crippen molar-refractivity contribution in [3.63, 3.8) is 0 Å². The molecule has 0 saturated carbocycles. The van der Waals surface area contributed by atoms with Crippen LogP contribution in [-0.2, 0) is 9.53 Å². The van der Waals surface area contributed by atoms with Gasteiger partial charge in [0.25, 0.3) is 0 Å². The van der Waals surface area contributed by atoms with Gasteiger partial charge in [-0.15, -0.1) is 0 Å². The summed E-state index contributed by atoms with van der Waals surface area (Å²) >= 11 is 0. The molecule has 0 aromatic heterocycles. The van der Waals surface area contributed by atoms with Crippen molar-refractivity contribution in [3.05, 3.63) is 42.0 Å². The van der Waals surface area contributed by atoms with E-state index in [9.17, 15) is 14.7 Å². The molecule has 1 aromatic rings. The van der Waals surface area contributed by atoms with E-state index in [4.69, 9.17) is 9.47 Å². The Morgan fingerprint density at radius 2 is 1.76 bits per heavy atom. The topological polar surface area (TPSA) is 72.8 Å². The van der Waals surface area contributed by atoms with Gasteiger partial charge < -0.3 is 14.6 Å². The molecule has 1 rings (SSSR count). The van der Waals surface area contributed by atoms with E-state index in [1.165, 1.54) is 13.8 Å². The van der Waals surface area contributed by atoms with Gasteiger partial charge in [-0.1, -0.05) is 6.58 Å². The third-order valence-electron chi connectivity index (χ3n) is 2.61. The van der Waals surface area contributed by atoms with E-state index < -0.39 is 11.6 Å². The van der Waals surface area contributed by atoms with E-state index in [0.29, 0.717) is 16.9 Å². The molecule has 0 saturated heterocycles. The van der Waals surface area contributed by atoms with E-state index in [1.807, 2.05) is 0 Å². The van der Waals surface area contributed by atoms with Crippen LogP contribution >= 0.6 is 0 Å². The summed E-state index contributed by atoms with van der Waals surface area (Å²) in [4.78, 5) is 22.9. The number of hydrogen-bond acceptors (Lipinski definition) is 5. The normalized spacial score (nSPS) is 10.9. The maximum Gasteiger partial charge on any atom is 0.333 e. The molecule has 5 heteroatoms. The Balaban J connectivity index is 2.47. The van der Waals surface area contributed by atoms with Crippen molar-refractivity contribution in [2.24, 2.45) is 0 Å². The summed E-state index contributed by atoms with van der Waals surface area (Å²) in [6.07, 6.45) is 0. The number of Topliss-reactive ketones (excluding diaryl/α,β-unsaturated/α-hetero) is 1. The van der Waals surface area contributed by atoms with Crippen LogP contribution in [0.25, 0.3) is 0 Å². The van der Waals surface area contributed by atoms with Gasteiger partial charge in [-0.2, -0.15) is 0 Å². The first kappa shape index (κ1) is 16.9. The highest BCUT2D eigenvalue weighted by Crippen LogP contribution is 2.17. The van der Waals surface area contributed by atoms with E-state index >= 15 is 0 Å². The van der Waals surface area contributed by atoms with Crippen LogP contribution in [0.1, 0.15) is 31.1 Å². The molecule has 0 aliphatic carbocycles. The lowest BCUT2D eigenvalue weighted by Gasteiger charge is -2.15. The average molecular weight is 292 g/mol. The summed E-state index contributed by atoms with van der Waals surface area (Å²) < 4.78 is 10.3. The largest absolute Gasteiger partial charge is 0.490 e. The molecular weight excluding hydrogens is 272 g/mol. The maximum absolute atomic E-state index is 11.8. The summed E-state index contributed by atoms with van der Waals surface area (Å²) in [6, 6.07) is 6.41. The molecule has 0 unspecified atom stereocenters. The number of esters is 1. The maximum atomic E-state index is 11.8. The summed E-state index contributed by atoms with van der Waals surface area (Å²) in [5.41, 5.74) is -0.660. The molecule has 1 aromatic carbocycles. The van der Waals surface area contributed by atoms with Gasteiger partial charge >= 0.3 is 5.97 Å². The summed E-state index contributed by atoms with van der Waals surface area (Å²) in [6.45, 7) is 8.25. The van der Waals surface area contributed by atoms with Crippen molar-refractivity contribution in [3.8, 4) is 5.75 Å². The fourth-order valence-corrected chi connectivity index (χ4v) is 1.47. The van der Waals surface area contributed by atoms with Gasteiger partial charge in [0.2, 0.25) is 0 Å². The first-order chi connectivity index (χ1) is 9.71. The van der Waals surface area contributed by atoms with Crippen LogP contribution in [0.3, 0.4) is 0 Å². The highest BCUT2D eigenvalue weighted by Gasteiger charge is 2.24. The summed E-state index contributed by atoms with van der Waals surface area (Å²) in [5, 5.41) is 9.64. The first-order valence-electron chi connectivity index (χ1n) is 6.54. The second-order valence-electron chi connectivity index (χ2n) is 5.18. The molecular formula is C16H20O5. The molecule has 0 aliphatic rings. The summed E-state index contributed by atoms with van der Waals surface area (Å²) in [7, 11) is 0. The van der Waals surface area contributed by atoms with Crippen LogP contribution in [0.5, 0.6) is 5.75 Å². The second kappa shape index (κ2) is 7.04. The van der Waals surface area contributed by atoms with Crippen LogP contribution in [0, 0.1) is 0 Å². The predicted octanol–water partition coefficient (Wildman–Crippen LogP) is 2.14. The Hall–Kier alpha value is -2.14. The number of rotatable bonds is 7. The zero-order chi connectivity index (χ0) is 16.0. The Labute approximate surface area is 124 Å². The van der Waals surface area contributed by atoms with Crippen LogP contribution in [0.2, 0.25) is 0 Å². The molecule has 0 atom stereocenters. The lowest BCUT2D eigenvalue weighted by atomic mass is 9.97. The molecule has 0 bridgehead atoms. The van der Waals surface area contributed by atoms with E-state index in [2.05, 4.69) is 6.58 Å². The molecule has 0 fully saturated rings. The van der Waals surface area contributed by atoms with Gasteiger partial charge in [0.15, 0.2) is 5.78 Å². The van der Waals surface area contributed by atoms with Crippen molar-refractivity contribution < 1.29 is 24.2 Å². The van der Waals surface area contributed by atoms with Gasteiger partial charge in [-0.05, 0) is 45.0 Å². The number of ketones is 1. The predicted molar refractivity (Wildman–Crippen MR) is 78.3 cm³/mol. The Morgan fingerprint density at radius 3 is 2.24 bits per heavy atom. The second-order valence-corrected chi connectivity index (χ2v) is 5.18. The van der Waals surface area contributed by atoms with Crippen LogP contribution in [-0.4, -0.2) is 35.7 Å². The fraction of sp³-hybridized carbons (Fsp3) is 0.375. The van der Waals surface area contributed by atoms with Crippen molar-refractivity contribution in [1.29, 1.82) is 0 Å². The fourth-order valence-electron chi connectivity index (χ4n) is 1.47. The van der Waals surface area contributed by atoms with E-state index in [-0.39, 0.29) is 19.0 Å². The first-order valence-corrected chi connectivity index (χ1v) is 6.54. The Bertz CT molecular complexity index is 523. The average Bonchev–Trinajstić information content (AvgIpc) is 2.42. The van der Waals surface area contributed by atoms with Crippen molar-refractivity contribution >= 4 is 11.8 Å². The zero-order valence-corrected chi connectivity index (χ0v) is 12.5. The number of benzene rings is 1. The molecule has 0 spiro atoms. The minimum absolute atomic E-state index is 0.121. The molecule has 21 heavy (non-hydrogen) atoms. The molecule has 114 valence electrons. The number of hydrogen-bond donors (Lipinski definition) is 1. The highest BCUT2D eigenvalue weighted by molar-refractivity contribution is 6.01. The zero-order valence-electron chi connectivity index (χ0n) is 12.5. The third kappa shape index (κ3) is 5.39. The minimum Gasteiger partial charge on any atom is -0.490 e. The molecule has 0 radical (unpaired) electrons. The van der Waals surface area contributed by atoms with Crippen LogP contribution < -0.4 is 4.74 Å². The van der Waals surface area contributed by atoms with Gasteiger partial charge in [-0.3, -0.25) is 4.79 Å².